The molecule has 0 radical (unpaired) electrons. The Morgan fingerprint density at radius 1 is 1.00 bits per heavy atom. The van der Waals surface area contributed by atoms with E-state index in [0.29, 0.717) is 13.0 Å². The summed E-state index contributed by atoms with van der Waals surface area (Å²) in [5.74, 6) is 0.144. The zero-order valence-corrected chi connectivity index (χ0v) is 18.0. The van der Waals surface area contributed by atoms with Crippen molar-refractivity contribution < 1.29 is 4.79 Å². The zero-order valence-electron chi connectivity index (χ0n) is 18.0. The van der Waals surface area contributed by atoms with Crippen LogP contribution in [0.5, 0.6) is 0 Å². The first-order chi connectivity index (χ1) is 14.1. The van der Waals surface area contributed by atoms with Crippen molar-refractivity contribution in [3.63, 3.8) is 0 Å². The Morgan fingerprint density at radius 2 is 1.66 bits per heavy atom. The first kappa shape index (κ1) is 21.2. The maximum atomic E-state index is 12.1. The molecule has 3 rings (SSSR count). The number of nitrogens with one attached hydrogen (secondary N) is 1. The first-order valence-electron chi connectivity index (χ1n) is 10.7. The van der Waals surface area contributed by atoms with Crippen LogP contribution in [0.1, 0.15) is 31.4 Å². The van der Waals surface area contributed by atoms with Gasteiger partial charge in [-0.05, 0) is 36.2 Å². The van der Waals surface area contributed by atoms with E-state index in [2.05, 4.69) is 88.7 Å². The van der Waals surface area contributed by atoms with Gasteiger partial charge in [-0.2, -0.15) is 0 Å². The van der Waals surface area contributed by atoms with Gasteiger partial charge in [0.15, 0.2) is 0 Å². The Bertz CT molecular complexity index is 752. The van der Waals surface area contributed by atoms with Gasteiger partial charge >= 0.3 is 0 Å². The predicted molar refractivity (Wildman–Crippen MR) is 122 cm³/mol. The molecule has 5 heteroatoms. The number of hydrogen-bond donors (Lipinski definition) is 1. The molecule has 1 heterocycles. The van der Waals surface area contributed by atoms with E-state index in [0.717, 1.165) is 32.6 Å². The van der Waals surface area contributed by atoms with Gasteiger partial charge in [-0.3, -0.25) is 9.69 Å². The quantitative estimate of drug-likeness (QED) is 0.743. The summed E-state index contributed by atoms with van der Waals surface area (Å²) in [5, 5.41) is 3.16. The number of hydrogen-bond acceptors (Lipinski definition) is 4. The van der Waals surface area contributed by atoms with Crippen LogP contribution in [0.3, 0.4) is 0 Å². The fourth-order valence-corrected chi connectivity index (χ4v) is 3.91. The number of benzene rings is 2. The Kier molecular flexibility index (Phi) is 7.53. The van der Waals surface area contributed by atoms with Crippen LogP contribution in [0, 0.1) is 0 Å². The van der Waals surface area contributed by atoms with Crippen LogP contribution in [0.15, 0.2) is 54.6 Å². The lowest BCUT2D eigenvalue weighted by atomic mass is 10.0. The van der Waals surface area contributed by atoms with Gasteiger partial charge in [0.1, 0.15) is 0 Å². The second-order valence-electron chi connectivity index (χ2n) is 7.91. The van der Waals surface area contributed by atoms with Gasteiger partial charge in [-0.15, -0.1) is 0 Å². The van der Waals surface area contributed by atoms with Crippen LogP contribution in [0.2, 0.25) is 0 Å². The van der Waals surface area contributed by atoms with E-state index in [4.69, 9.17) is 0 Å². The van der Waals surface area contributed by atoms with Gasteiger partial charge in [0.05, 0.1) is 6.04 Å². The molecular formula is C24H34N4O. The van der Waals surface area contributed by atoms with Crippen molar-refractivity contribution in [2.24, 2.45) is 0 Å². The molecule has 1 aliphatic rings. The average Bonchev–Trinajstić information content (AvgIpc) is 2.75. The predicted octanol–water partition coefficient (Wildman–Crippen LogP) is 3.53. The van der Waals surface area contributed by atoms with E-state index >= 15 is 0 Å². The summed E-state index contributed by atoms with van der Waals surface area (Å²) in [6.45, 7) is 6.67. The number of carbonyl (C=O) groups excluding carboxylic acids is 1. The standard InChI is InChI=1S/C24H34N4O/c1-4-8-24(29)25-19-23(20-11-13-21(14-12-20)26(2)3)28-17-15-27(16-18-28)22-9-6-5-7-10-22/h5-7,9-14,23H,4,8,15-19H2,1-3H3,(H,25,29)/t23-/m0/s1. The maximum Gasteiger partial charge on any atom is 0.220 e. The summed E-state index contributed by atoms with van der Waals surface area (Å²) in [4.78, 5) is 19.2. The van der Waals surface area contributed by atoms with E-state index in [1.165, 1.54) is 16.9 Å². The van der Waals surface area contributed by atoms with Crippen LogP contribution >= 0.6 is 0 Å². The van der Waals surface area contributed by atoms with Crippen LogP contribution < -0.4 is 15.1 Å². The minimum Gasteiger partial charge on any atom is -0.378 e. The number of amides is 1. The second-order valence-corrected chi connectivity index (χ2v) is 7.91. The van der Waals surface area contributed by atoms with Gasteiger partial charge in [0.2, 0.25) is 5.91 Å². The van der Waals surface area contributed by atoms with Crippen LogP contribution in [-0.4, -0.2) is 57.6 Å². The Balaban J connectivity index is 1.70. The topological polar surface area (TPSA) is 38.8 Å². The molecule has 2 aromatic carbocycles. The molecule has 1 aliphatic heterocycles. The van der Waals surface area contributed by atoms with Crippen molar-refractivity contribution in [2.45, 2.75) is 25.8 Å². The molecule has 0 bridgehead atoms. The molecule has 0 spiro atoms. The van der Waals surface area contributed by atoms with Crippen molar-refractivity contribution in [3.8, 4) is 0 Å². The summed E-state index contributed by atoms with van der Waals surface area (Å²) >= 11 is 0. The SMILES string of the molecule is CCCC(=O)NC[C@@H](c1ccc(N(C)C)cc1)N1CCN(c2ccccc2)CC1. The van der Waals surface area contributed by atoms with Gasteiger partial charge in [-0.1, -0.05) is 37.3 Å². The van der Waals surface area contributed by atoms with E-state index in [1.807, 2.05) is 6.92 Å². The van der Waals surface area contributed by atoms with Crippen LogP contribution in [0.25, 0.3) is 0 Å². The van der Waals surface area contributed by atoms with Gasteiger partial charge in [-0.25, -0.2) is 0 Å². The second kappa shape index (κ2) is 10.3. The largest absolute Gasteiger partial charge is 0.378 e. The Morgan fingerprint density at radius 3 is 2.24 bits per heavy atom. The summed E-state index contributed by atoms with van der Waals surface area (Å²) in [6, 6.07) is 19.5. The number of piperazine rings is 1. The third kappa shape index (κ3) is 5.73. The molecule has 0 unspecified atom stereocenters. The summed E-state index contributed by atoms with van der Waals surface area (Å²) in [6.07, 6.45) is 1.47. The molecule has 1 fully saturated rings. The number of para-hydroxylation sites is 1. The Hall–Kier alpha value is -2.53. The molecular weight excluding hydrogens is 360 g/mol. The van der Waals surface area contributed by atoms with E-state index in [-0.39, 0.29) is 11.9 Å². The minimum atomic E-state index is 0.144. The van der Waals surface area contributed by atoms with E-state index in [9.17, 15) is 4.79 Å². The molecule has 29 heavy (non-hydrogen) atoms. The first-order valence-corrected chi connectivity index (χ1v) is 10.7. The molecule has 0 saturated carbocycles. The molecule has 1 N–H and O–H groups in total. The highest BCUT2D eigenvalue weighted by molar-refractivity contribution is 5.75. The highest BCUT2D eigenvalue weighted by atomic mass is 16.1. The van der Waals surface area contributed by atoms with E-state index in [1.54, 1.807) is 0 Å². The number of rotatable bonds is 8. The molecule has 0 aliphatic carbocycles. The molecule has 0 aromatic heterocycles. The Labute approximate surface area is 175 Å². The summed E-state index contributed by atoms with van der Waals surface area (Å²) in [7, 11) is 4.11. The third-order valence-corrected chi connectivity index (χ3v) is 5.64. The number of anilines is 2. The fourth-order valence-electron chi connectivity index (χ4n) is 3.91. The van der Waals surface area contributed by atoms with Gasteiger partial charge < -0.3 is 15.1 Å². The van der Waals surface area contributed by atoms with Crippen molar-refractivity contribution in [1.82, 2.24) is 10.2 Å². The van der Waals surface area contributed by atoms with Gasteiger partial charge in [0, 0.05) is 64.6 Å². The van der Waals surface area contributed by atoms with Crippen LogP contribution in [0.4, 0.5) is 11.4 Å². The van der Waals surface area contributed by atoms with Crippen LogP contribution in [-0.2, 0) is 4.79 Å². The minimum absolute atomic E-state index is 0.144. The third-order valence-electron chi connectivity index (χ3n) is 5.64. The lowest BCUT2D eigenvalue weighted by molar-refractivity contribution is -0.121. The van der Waals surface area contributed by atoms with Crippen molar-refractivity contribution in [3.05, 3.63) is 60.2 Å². The summed E-state index contributed by atoms with van der Waals surface area (Å²) in [5.41, 5.74) is 3.74. The highest BCUT2D eigenvalue weighted by Gasteiger charge is 2.25. The molecule has 1 atom stereocenters. The fraction of sp³-hybridized carbons (Fsp3) is 0.458. The lowest BCUT2D eigenvalue weighted by Crippen LogP contribution is -2.49. The molecule has 5 nitrogen and oxygen atoms in total. The van der Waals surface area contributed by atoms with E-state index < -0.39 is 0 Å². The number of carbonyl (C=O) groups is 1. The molecule has 2 aromatic rings. The van der Waals surface area contributed by atoms with Gasteiger partial charge in [0.25, 0.3) is 0 Å². The summed E-state index contributed by atoms with van der Waals surface area (Å²) < 4.78 is 0. The lowest BCUT2D eigenvalue weighted by Gasteiger charge is -2.40. The monoisotopic (exact) mass is 394 g/mol. The number of nitrogens with zero attached hydrogens (tertiary/aromatic N) is 3. The highest BCUT2D eigenvalue weighted by Crippen LogP contribution is 2.25. The normalized spacial score (nSPS) is 15.8. The molecule has 1 saturated heterocycles. The smallest absolute Gasteiger partial charge is 0.220 e. The zero-order chi connectivity index (χ0) is 20.6. The van der Waals surface area contributed by atoms with Crippen molar-refractivity contribution in [1.29, 1.82) is 0 Å². The average molecular weight is 395 g/mol. The maximum absolute atomic E-state index is 12.1. The van der Waals surface area contributed by atoms with Crippen molar-refractivity contribution in [2.75, 3.05) is 56.6 Å². The molecule has 156 valence electrons. The van der Waals surface area contributed by atoms with Crippen molar-refractivity contribution >= 4 is 17.3 Å². The molecule has 1 amide bonds.